The lowest BCUT2D eigenvalue weighted by Gasteiger charge is -2.13. The molecule has 0 saturated heterocycles. The van der Waals surface area contributed by atoms with Crippen LogP contribution in [-0.2, 0) is 11.2 Å². The SMILES string of the molecule is Cc1cc(=O)n2c(n1)SC[C@@H]2CC(=O)NCCc1ccccc1. The van der Waals surface area contributed by atoms with E-state index >= 15 is 0 Å². The number of carbonyl (C=O) groups excluding carboxylic acids is 1. The third-order valence-electron chi connectivity index (χ3n) is 3.82. The molecule has 23 heavy (non-hydrogen) atoms. The van der Waals surface area contributed by atoms with Crippen LogP contribution in [0.1, 0.15) is 23.7 Å². The highest BCUT2D eigenvalue weighted by molar-refractivity contribution is 7.99. The fourth-order valence-electron chi connectivity index (χ4n) is 2.69. The van der Waals surface area contributed by atoms with Crippen LogP contribution in [0.5, 0.6) is 0 Å². The molecule has 2 aromatic rings. The zero-order valence-electron chi connectivity index (χ0n) is 13.0. The Bertz CT molecular complexity index is 758. The van der Waals surface area contributed by atoms with Crippen LogP contribution >= 0.6 is 11.8 Å². The molecule has 0 radical (unpaired) electrons. The number of hydrogen-bond donors (Lipinski definition) is 1. The van der Waals surface area contributed by atoms with E-state index in [0.29, 0.717) is 13.0 Å². The van der Waals surface area contributed by atoms with Crippen molar-refractivity contribution in [3.05, 3.63) is 58.0 Å². The fourth-order valence-corrected chi connectivity index (χ4v) is 3.89. The van der Waals surface area contributed by atoms with Crippen molar-refractivity contribution in [3.63, 3.8) is 0 Å². The van der Waals surface area contributed by atoms with Gasteiger partial charge in [-0.3, -0.25) is 14.2 Å². The van der Waals surface area contributed by atoms with Crippen LogP contribution in [0.15, 0.2) is 46.3 Å². The molecule has 120 valence electrons. The second-order valence-corrected chi connectivity index (χ2v) is 6.63. The highest BCUT2D eigenvalue weighted by Crippen LogP contribution is 2.31. The molecule has 6 heteroatoms. The predicted molar refractivity (Wildman–Crippen MR) is 90.8 cm³/mol. The van der Waals surface area contributed by atoms with Crippen molar-refractivity contribution in [1.82, 2.24) is 14.9 Å². The summed E-state index contributed by atoms with van der Waals surface area (Å²) in [6.07, 6.45) is 1.13. The number of aryl methyl sites for hydroxylation is 1. The van der Waals surface area contributed by atoms with Crippen molar-refractivity contribution in [2.45, 2.75) is 31.0 Å². The second-order valence-electron chi connectivity index (χ2n) is 5.64. The molecule has 1 amide bonds. The first-order valence-electron chi connectivity index (χ1n) is 7.67. The van der Waals surface area contributed by atoms with E-state index in [4.69, 9.17) is 0 Å². The van der Waals surface area contributed by atoms with Gasteiger partial charge in [0.05, 0.1) is 6.04 Å². The Labute approximate surface area is 139 Å². The number of aromatic nitrogens is 2. The number of rotatable bonds is 5. The van der Waals surface area contributed by atoms with Gasteiger partial charge in [0.2, 0.25) is 5.91 Å². The van der Waals surface area contributed by atoms with Gasteiger partial charge in [-0.1, -0.05) is 42.1 Å². The first-order valence-corrected chi connectivity index (χ1v) is 8.65. The summed E-state index contributed by atoms with van der Waals surface area (Å²) in [4.78, 5) is 28.6. The molecule has 1 atom stereocenters. The van der Waals surface area contributed by atoms with E-state index < -0.39 is 0 Å². The molecule has 5 nitrogen and oxygen atoms in total. The molecule has 2 heterocycles. The maximum atomic E-state index is 12.1. The van der Waals surface area contributed by atoms with Crippen molar-refractivity contribution in [3.8, 4) is 0 Å². The van der Waals surface area contributed by atoms with Crippen LogP contribution in [0.2, 0.25) is 0 Å². The van der Waals surface area contributed by atoms with Crippen LogP contribution in [-0.4, -0.2) is 27.8 Å². The van der Waals surface area contributed by atoms with Crippen molar-refractivity contribution < 1.29 is 4.79 Å². The van der Waals surface area contributed by atoms with E-state index in [9.17, 15) is 9.59 Å². The molecule has 0 saturated carbocycles. The molecular formula is C17H19N3O2S. The van der Waals surface area contributed by atoms with Gasteiger partial charge in [-0.05, 0) is 18.9 Å². The molecule has 3 rings (SSSR count). The Hall–Kier alpha value is -2.08. The Morgan fingerprint density at radius 2 is 2.17 bits per heavy atom. The van der Waals surface area contributed by atoms with Gasteiger partial charge in [-0.15, -0.1) is 0 Å². The van der Waals surface area contributed by atoms with Gasteiger partial charge >= 0.3 is 0 Å². The predicted octanol–water partition coefficient (Wildman–Crippen LogP) is 1.95. The van der Waals surface area contributed by atoms with Crippen molar-refractivity contribution >= 4 is 17.7 Å². The summed E-state index contributed by atoms with van der Waals surface area (Å²) >= 11 is 1.54. The third-order valence-corrected chi connectivity index (χ3v) is 4.92. The van der Waals surface area contributed by atoms with Crippen molar-refractivity contribution in [2.24, 2.45) is 0 Å². The number of carbonyl (C=O) groups is 1. The number of nitrogens with one attached hydrogen (secondary N) is 1. The molecule has 1 aromatic carbocycles. The van der Waals surface area contributed by atoms with Crippen LogP contribution in [0.25, 0.3) is 0 Å². The Kier molecular flexibility index (Phi) is 4.81. The van der Waals surface area contributed by atoms with E-state index in [0.717, 1.165) is 23.0 Å². The summed E-state index contributed by atoms with van der Waals surface area (Å²) in [6.45, 7) is 2.42. The first-order chi connectivity index (χ1) is 11.1. The Morgan fingerprint density at radius 1 is 1.39 bits per heavy atom. The first kappa shape index (κ1) is 15.8. The Balaban J connectivity index is 1.55. The zero-order chi connectivity index (χ0) is 16.2. The van der Waals surface area contributed by atoms with E-state index in [-0.39, 0.29) is 17.5 Å². The van der Waals surface area contributed by atoms with Crippen LogP contribution in [0, 0.1) is 6.92 Å². The summed E-state index contributed by atoms with van der Waals surface area (Å²) in [5.41, 5.74) is 1.85. The zero-order valence-corrected chi connectivity index (χ0v) is 13.8. The lowest BCUT2D eigenvalue weighted by atomic mass is 10.1. The highest BCUT2D eigenvalue weighted by atomic mass is 32.2. The standard InChI is InChI=1S/C17H19N3O2S/c1-12-9-16(22)20-14(11-23-17(20)19-12)10-15(21)18-8-7-13-5-3-2-4-6-13/h2-6,9,14H,7-8,10-11H2,1H3,(H,18,21)/t14-/m0/s1. The number of nitrogens with zero attached hydrogens (tertiary/aromatic N) is 2. The fraction of sp³-hybridized carbons (Fsp3) is 0.353. The van der Waals surface area contributed by atoms with E-state index in [1.165, 1.54) is 23.4 Å². The second kappa shape index (κ2) is 7.00. The molecule has 0 aliphatic carbocycles. The number of fused-ring (bicyclic) bond motifs is 1. The third kappa shape index (κ3) is 3.82. The molecule has 0 bridgehead atoms. The van der Waals surface area contributed by atoms with E-state index in [1.807, 2.05) is 37.3 Å². The quantitative estimate of drug-likeness (QED) is 0.852. The summed E-state index contributed by atoms with van der Waals surface area (Å²) in [6, 6.07) is 11.5. The van der Waals surface area contributed by atoms with Gasteiger partial charge in [0, 0.05) is 30.5 Å². The number of thioether (sulfide) groups is 1. The van der Waals surface area contributed by atoms with Crippen LogP contribution < -0.4 is 10.9 Å². The average Bonchev–Trinajstić information content (AvgIpc) is 2.91. The monoisotopic (exact) mass is 329 g/mol. The Morgan fingerprint density at radius 3 is 2.96 bits per heavy atom. The molecule has 1 N–H and O–H groups in total. The average molecular weight is 329 g/mol. The number of hydrogen-bond acceptors (Lipinski definition) is 4. The molecule has 0 fully saturated rings. The van der Waals surface area contributed by atoms with Crippen LogP contribution in [0.3, 0.4) is 0 Å². The minimum Gasteiger partial charge on any atom is -0.356 e. The van der Waals surface area contributed by atoms with E-state index in [1.54, 1.807) is 4.57 Å². The molecule has 0 unspecified atom stereocenters. The molecular weight excluding hydrogens is 310 g/mol. The summed E-state index contributed by atoms with van der Waals surface area (Å²) in [5, 5.41) is 3.66. The summed E-state index contributed by atoms with van der Waals surface area (Å²) in [7, 11) is 0. The smallest absolute Gasteiger partial charge is 0.254 e. The lowest BCUT2D eigenvalue weighted by molar-refractivity contribution is -0.121. The van der Waals surface area contributed by atoms with Gasteiger partial charge in [0.15, 0.2) is 5.16 Å². The molecule has 1 aliphatic heterocycles. The van der Waals surface area contributed by atoms with Crippen molar-refractivity contribution in [2.75, 3.05) is 12.3 Å². The number of benzene rings is 1. The molecule has 1 aliphatic rings. The van der Waals surface area contributed by atoms with E-state index in [2.05, 4.69) is 10.3 Å². The lowest BCUT2D eigenvalue weighted by Crippen LogP contribution is -2.31. The summed E-state index contributed by atoms with van der Waals surface area (Å²) < 4.78 is 1.65. The minimum absolute atomic E-state index is 0.0214. The van der Waals surface area contributed by atoms with Gasteiger partial charge < -0.3 is 5.32 Å². The number of amides is 1. The van der Waals surface area contributed by atoms with Gasteiger partial charge in [-0.2, -0.15) is 0 Å². The topological polar surface area (TPSA) is 64.0 Å². The van der Waals surface area contributed by atoms with Gasteiger partial charge in [-0.25, -0.2) is 4.98 Å². The highest BCUT2D eigenvalue weighted by Gasteiger charge is 2.27. The van der Waals surface area contributed by atoms with Crippen molar-refractivity contribution in [1.29, 1.82) is 0 Å². The molecule has 1 aromatic heterocycles. The largest absolute Gasteiger partial charge is 0.356 e. The maximum Gasteiger partial charge on any atom is 0.254 e. The van der Waals surface area contributed by atoms with Crippen LogP contribution in [0.4, 0.5) is 0 Å². The van der Waals surface area contributed by atoms with Gasteiger partial charge in [0.25, 0.3) is 5.56 Å². The molecule has 0 spiro atoms. The van der Waals surface area contributed by atoms with Gasteiger partial charge in [0.1, 0.15) is 0 Å². The normalized spacial score (nSPS) is 16.1. The maximum absolute atomic E-state index is 12.1. The minimum atomic E-state index is -0.104. The summed E-state index contributed by atoms with van der Waals surface area (Å²) in [5.74, 6) is 0.699.